The first-order valence-electron chi connectivity index (χ1n) is 10.8. The van der Waals surface area contributed by atoms with Gasteiger partial charge < -0.3 is 4.74 Å². The lowest BCUT2D eigenvalue weighted by molar-refractivity contribution is 0.415. The van der Waals surface area contributed by atoms with Crippen LogP contribution in [0.25, 0.3) is 44.7 Å². The van der Waals surface area contributed by atoms with Gasteiger partial charge in [0.25, 0.3) is 5.56 Å². The summed E-state index contributed by atoms with van der Waals surface area (Å²) in [6.07, 6.45) is 1.90. The van der Waals surface area contributed by atoms with Crippen molar-refractivity contribution in [2.24, 2.45) is 14.1 Å². The molecule has 0 saturated heterocycles. The average molecular weight is 451 g/mol. The summed E-state index contributed by atoms with van der Waals surface area (Å²) in [5, 5.41) is 2.14. The van der Waals surface area contributed by atoms with E-state index in [2.05, 4.69) is 18.2 Å². The second-order valence-electron chi connectivity index (χ2n) is 8.24. The number of rotatable bonds is 3. The fourth-order valence-electron chi connectivity index (χ4n) is 4.58. The van der Waals surface area contributed by atoms with E-state index in [1.54, 1.807) is 18.6 Å². The van der Waals surface area contributed by atoms with Crippen molar-refractivity contribution in [1.29, 1.82) is 0 Å². The highest BCUT2D eigenvalue weighted by atomic mass is 16.5. The van der Waals surface area contributed by atoms with Crippen molar-refractivity contribution in [3.8, 4) is 22.7 Å². The smallest absolute Gasteiger partial charge is 0.332 e. The lowest BCUT2D eigenvalue weighted by Crippen LogP contribution is -2.37. The highest BCUT2D eigenvalue weighted by Gasteiger charge is 2.22. The lowest BCUT2D eigenvalue weighted by atomic mass is 10.1. The molecule has 0 radical (unpaired) electrons. The van der Waals surface area contributed by atoms with Gasteiger partial charge in [0.15, 0.2) is 11.2 Å². The molecule has 6 aromatic rings. The van der Waals surface area contributed by atoms with Gasteiger partial charge in [0, 0.05) is 31.2 Å². The van der Waals surface area contributed by atoms with Crippen molar-refractivity contribution in [2.75, 3.05) is 7.11 Å². The van der Waals surface area contributed by atoms with Gasteiger partial charge in [-0.05, 0) is 35.7 Å². The van der Waals surface area contributed by atoms with Gasteiger partial charge in [0.1, 0.15) is 5.75 Å². The van der Waals surface area contributed by atoms with Crippen LogP contribution in [0.2, 0.25) is 0 Å². The van der Waals surface area contributed by atoms with E-state index in [1.165, 1.54) is 11.6 Å². The van der Waals surface area contributed by atoms with Gasteiger partial charge in [-0.3, -0.25) is 22.9 Å². The number of fused-ring (bicyclic) bond motifs is 4. The van der Waals surface area contributed by atoms with Crippen molar-refractivity contribution in [3.63, 3.8) is 0 Å². The van der Waals surface area contributed by atoms with Crippen LogP contribution >= 0.6 is 0 Å². The van der Waals surface area contributed by atoms with E-state index in [0.29, 0.717) is 16.9 Å². The molecule has 0 amide bonds. The fraction of sp³-hybridized carbons (Fsp3) is 0.115. The highest BCUT2D eigenvalue weighted by molar-refractivity contribution is 5.92. The molecule has 0 atom stereocenters. The molecule has 0 aliphatic heterocycles. The fourth-order valence-corrected chi connectivity index (χ4v) is 4.58. The molecule has 3 aromatic carbocycles. The first kappa shape index (κ1) is 20.0. The summed E-state index contributed by atoms with van der Waals surface area (Å²) in [5.74, 6) is 1.31. The van der Waals surface area contributed by atoms with Crippen LogP contribution in [0.15, 0.2) is 82.5 Å². The Labute approximate surface area is 193 Å². The third-order valence-electron chi connectivity index (χ3n) is 6.36. The summed E-state index contributed by atoms with van der Waals surface area (Å²) >= 11 is 0. The van der Waals surface area contributed by atoms with Crippen LogP contribution in [0, 0.1) is 0 Å². The standard InChI is InChI=1S/C26H21N5O3/c1-28-23-22(24(32)29(2)26(28)33)30-15-21(17-11-13-18(34-3)14-12-17)31(25(30)27-23)20-10-6-8-16-7-4-5-9-19(16)20/h4-15H,1-3H3. The van der Waals surface area contributed by atoms with Crippen LogP contribution in [0.4, 0.5) is 0 Å². The first-order chi connectivity index (χ1) is 16.5. The Bertz CT molecular complexity index is 1850. The number of aromatic nitrogens is 5. The van der Waals surface area contributed by atoms with Gasteiger partial charge in [0.2, 0.25) is 5.78 Å². The van der Waals surface area contributed by atoms with E-state index < -0.39 is 5.69 Å². The minimum atomic E-state index is -0.412. The quantitative estimate of drug-likeness (QED) is 0.413. The average Bonchev–Trinajstić information content (AvgIpc) is 3.42. The van der Waals surface area contributed by atoms with E-state index in [1.807, 2.05) is 59.3 Å². The van der Waals surface area contributed by atoms with Crippen molar-refractivity contribution >= 4 is 27.7 Å². The monoisotopic (exact) mass is 451 g/mol. The van der Waals surface area contributed by atoms with Gasteiger partial charge in [0.05, 0.1) is 18.5 Å². The van der Waals surface area contributed by atoms with Crippen LogP contribution in [0.1, 0.15) is 0 Å². The Kier molecular flexibility index (Phi) is 4.25. The molecule has 0 aliphatic carbocycles. The molecular weight excluding hydrogens is 430 g/mol. The van der Waals surface area contributed by atoms with E-state index in [-0.39, 0.29) is 5.56 Å². The molecule has 0 bridgehead atoms. The number of aryl methyl sites for hydroxylation is 1. The largest absolute Gasteiger partial charge is 0.497 e. The summed E-state index contributed by atoms with van der Waals surface area (Å²) in [7, 11) is 4.74. The normalized spacial score (nSPS) is 11.6. The second kappa shape index (κ2) is 7.21. The molecule has 0 saturated carbocycles. The summed E-state index contributed by atoms with van der Waals surface area (Å²) < 4.78 is 11.7. The molecule has 8 heteroatoms. The Morgan fingerprint density at radius 2 is 1.59 bits per heavy atom. The van der Waals surface area contributed by atoms with Crippen LogP contribution < -0.4 is 16.0 Å². The molecule has 34 heavy (non-hydrogen) atoms. The molecule has 0 fully saturated rings. The maximum atomic E-state index is 13.1. The number of nitrogens with zero attached hydrogens (tertiary/aromatic N) is 5. The van der Waals surface area contributed by atoms with Crippen molar-refractivity contribution in [1.82, 2.24) is 23.1 Å². The van der Waals surface area contributed by atoms with Crippen LogP contribution in [-0.4, -0.2) is 30.2 Å². The molecule has 0 N–H and O–H groups in total. The van der Waals surface area contributed by atoms with Crippen molar-refractivity contribution in [2.45, 2.75) is 0 Å². The van der Waals surface area contributed by atoms with E-state index in [9.17, 15) is 9.59 Å². The molecule has 0 spiro atoms. The highest BCUT2D eigenvalue weighted by Crippen LogP contribution is 2.33. The number of imidazole rings is 2. The number of hydrogen-bond donors (Lipinski definition) is 0. The van der Waals surface area contributed by atoms with Gasteiger partial charge in [-0.1, -0.05) is 36.4 Å². The molecule has 0 unspecified atom stereocenters. The second-order valence-corrected chi connectivity index (χ2v) is 8.24. The third-order valence-corrected chi connectivity index (χ3v) is 6.36. The summed E-state index contributed by atoms with van der Waals surface area (Å²) in [4.78, 5) is 30.5. The molecule has 8 nitrogen and oxygen atoms in total. The predicted molar refractivity (Wildman–Crippen MR) is 132 cm³/mol. The molecular formula is C26H21N5O3. The summed E-state index contributed by atoms with van der Waals surface area (Å²) in [5.41, 5.74) is 2.63. The predicted octanol–water partition coefficient (Wildman–Crippen LogP) is 3.50. The van der Waals surface area contributed by atoms with Gasteiger partial charge >= 0.3 is 5.69 Å². The zero-order chi connectivity index (χ0) is 23.6. The third kappa shape index (κ3) is 2.68. The maximum absolute atomic E-state index is 13.1. The summed E-state index contributed by atoms with van der Waals surface area (Å²) in [6, 6.07) is 22.0. The van der Waals surface area contributed by atoms with E-state index in [4.69, 9.17) is 9.72 Å². The number of methoxy groups -OCH3 is 1. The molecule has 168 valence electrons. The summed E-state index contributed by atoms with van der Waals surface area (Å²) in [6.45, 7) is 0. The Balaban J connectivity index is 1.80. The molecule has 3 heterocycles. The van der Waals surface area contributed by atoms with Crippen LogP contribution in [-0.2, 0) is 14.1 Å². The van der Waals surface area contributed by atoms with Gasteiger partial charge in [-0.25, -0.2) is 4.79 Å². The van der Waals surface area contributed by atoms with Gasteiger partial charge in [-0.2, -0.15) is 4.98 Å². The SMILES string of the molecule is COc1ccc(-c2cn3c4c(=O)n(C)c(=O)n(C)c4nc3n2-c2cccc3ccccc23)cc1. The minimum absolute atomic E-state index is 0.346. The number of hydrogen-bond acceptors (Lipinski definition) is 4. The van der Waals surface area contributed by atoms with E-state index in [0.717, 1.165) is 38.0 Å². The van der Waals surface area contributed by atoms with E-state index >= 15 is 0 Å². The first-order valence-corrected chi connectivity index (χ1v) is 10.8. The number of benzene rings is 3. The van der Waals surface area contributed by atoms with Crippen molar-refractivity contribution in [3.05, 3.63) is 93.8 Å². The van der Waals surface area contributed by atoms with Crippen LogP contribution in [0.5, 0.6) is 5.75 Å². The Morgan fingerprint density at radius 1 is 0.853 bits per heavy atom. The lowest BCUT2D eigenvalue weighted by Gasteiger charge is -2.12. The topological polar surface area (TPSA) is 75.5 Å². The Morgan fingerprint density at radius 3 is 2.35 bits per heavy atom. The zero-order valence-corrected chi connectivity index (χ0v) is 18.9. The maximum Gasteiger partial charge on any atom is 0.332 e. The molecule has 6 rings (SSSR count). The molecule has 3 aromatic heterocycles. The number of ether oxygens (including phenoxy) is 1. The zero-order valence-electron chi connectivity index (χ0n) is 18.9. The Hall–Kier alpha value is -4.59. The minimum Gasteiger partial charge on any atom is -0.497 e. The van der Waals surface area contributed by atoms with Crippen molar-refractivity contribution < 1.29 is 4.74 Å². The van der Waals surface area contributed by atoms with Gasteiger partial charge in [-0.15, -0.1) is 0 Å². The molecule has 0 aliphatic rings. The van der Waals surface area contributed by atoms with Crippen LogP contribution in [0.3, 0.4) is 0 Å².